The van der Waals surface area contributed by atoms with Crippen LogP contribution in [0.25, 0.3) is 29.9 Å². The highest BCUT2D eigenvalue weighted by Crippen LogP contribution is 2.39. The third-order valence-electron chi connectivity index (χ3n) is 8.89. The number of carboxylic acid groups (broad SMARTS) is 3. The number of carboxylic acids is 3. The van der Waals surface area contributed by atoms with E-state index in [2.05, 4.69) is 23.1 Å². The number of hydrogen-bond acceptors (Lipinski definition) is 5. The van der Waals surface area contributed by atoms with Crippen molar-refractivity contribution in [1.82, 2.24) is 9.97 Å². The first-order chi connectivity index (χ1) is 21.2. The Kier molecular flexibility index (Phi) is 9.37. The molecule has 2 aromatic heterocycles. The second kappa shape index (κ2) is 12.9. The third kappa shape index (κ3) is 6.26. The summed E-state index contributed by atoms with van der Waals surface area (Å²) in [5.74, 6) is -4.17. The quantitative estimate of drug-likeness (QED) is 0.245. The molecule has 0 saturated carbocycles. The number of H-pyrrole nitrogens is 2. The lowest BCUT2D eigenvalue weighted by atomic mass is 9.82. The van der Waals surface area contributed by atoms with E-state index >= 15 is 0 Å². The van der Waals surface area contributed by atoms with E-state index in [1.807, 2.05) is 39.8 Å². The number of nitrogens with zero attached hydrogens (tertiary/aromatic N) is 1. The molecule has 2 aliphatic heterocycles. The van der Waals surface area contributed by atoms with Gasteiger partial charge in [0.1, 0.15) is 0 Å². The molecule has 7 N–H and O–H groups in total. The Morgan fingerprint density at radius 3 is 2.27 bits per heavy atom. The standard InChI is InChI=1S/C35H40N4O6/c1-8-21-16(3)12-26-20(7)32(35(44)45)34(39-26)24(13-31(42)43)33-23(10-11-30(40)41)19(6)28(38-33)15-27-18(5)22(9-2)29(37-27)14-25(36)17(21)4/h9,12,14-15,19,23,37,39H,2-3,8,10-11,13,36H2,1,4-7H3,(H,40,41)(H,42,43)(H,44,45)/b21-17-,25-14?,26-12-,28-15-,34-24-/t19-,23-/m0/s1. The average molecular weight is 613 g/mol. The average Bonchev–Trinajstić information content (AvgIpc) is 3.56. The van der Waals surface area contributed by atoms with Gasteiger partial charge in [-0.3, -0.25) is 14.6 Å². The van der Waals surface area contributed by atoms with Crippen molar-refractivity contribution in [3.63, 3.8) is 0 Å². The summed E-state index contributed by atoms with van der Waals surface area (Å²) in [5.41, 5.74) is 14.2. The zero-order valence-corrected chi connectivity index (χ0v) is 26.3. The molecule has 236 valence electrons. The minimum atomic E-state index is -1.23. The second-order valence-electron chi connectivity index (χ2n) is 11.6. The van der Waals surface area contributed by atoms with Crippen molar-refractivity contribution in [2.45, 2.75) is 60.3 Å². The fourth-order valence-electron chi connectivity index (χ4n) is 6.35. The van der Waals surface area contributed by atoms with Gasteiger partial charge in [-0.1, -0.05) is 33.1 Å². The number of nitrogens with two attached hydrogens (primary N) is 1. The van der Waals surface area contributed by atoms with Crippen molar-refractivity contribution < 1.29 is 29.7 Å². The van der Waals surface area contributed by atoms with Crippen LogP contribution in [0.1, 0.15) is 84.9 Å². The first-order valence-electron chi connectivity index (χ1n) is 14.8. The van der Waals surface area contributed by atoms with Gasteiger partial charge in [-0.25, -0.2) is 4.79 Å². The number of nitrogens with one attached hydrogen (secondary N) is 2. The van der Waals surface area contributed by atoms with E-state index in [1.165, 1.54) is 0 Å². The molecule has 0 spiro atoms. The molecule has 2 atom stereocenters. The zero-order valence-electron chi connectivity index (χ0n) is 26.3. The Morgan fingerprint density at radius 2 is 1.69 bits per heavy atom. The number of fused-ring (bicyclic) bond motifs is 5. The van der Waals surface area contributed by atoms with E-state index in [1.54, 1.807) is 19.1 Å². The van der Waals surface area contributed by atoms with E-state index < -0.39 is 30.2 Å². The number of aromatic nitrogens is 2. The summed E-state index contributed by atoms with van der Waals surface area (Å²) >= 11 is 0. The number of aliphatic carboxylic acids is 2. The van der Waals surface area contributed by atoms with Crippen molar-refractivity contribution in [2.24, 2.45) is 22.6 Å². The first kappa shape index (κ1) is 32.8. The lowest BCUT2D eigenvalue weighted by Gasteiger charge is -2.19. The van der Waals surface area contributed by atoms with Crippen LogP contribution in [0.2, 0.25) is 0 Å². The topological polar surface area (TPSA) is 182 Å². The summed E-state index contributed by atoms with van der Waals surface area (Å²) in [7, 11) is 0. The van der Waals surface area contributed by atoms with Crippen LogP contribution in [-0.4, -0.2) is 48.9 Å². The number of rotatable bonds is 8. The highest BCUT2D eigenvalue weighted by atomic mass is 16.4. The summed E-state index contributed by atoms with van der Waals surface area (Å²) in [6, 6.07) is 0. The minimum Gasteiger partial charge on any atom is -0.481 e. The van der Waals surface area contributed by atoms with Crippen molar-refractivity contribution in [1.29, 1.82) is 0 Å². The van der Waals surface area contributed by atoms with Crippen LogP contribution >= 0.6 is 0 Å². The van der Waals surface area contributed by atoms with Crippen LogP contribution in [-0.2, 0) is 9.59 Å². The van der Waals surface area contributed by atoms with Gasteiger partial charge < -0.3 is 31.0 Å². The van der Waals surface area contributed by atoms with Gasteiger partial charge in [0.05, 0.1) is 23.0 Å². The van der Waals surface area contributed by atoms with Gasteiger partial charge in [0.2, 0.25) is 0 Å². The fraction of sp³-hybridized carbons (Fsp3) is 0.314. The molecule has 2 aliphatic rings. The van der Waals surface area contributed by atoms with E-state index in [9.17, 15) is 29.7 Å². The Balaban J connectivity index is 2.22. The summed E-state index contributed by atoms with van der Waals surface area (Å²) in [5, 5.41) is 30.5. The fourth-order valence-corrected chi connectivity index (χ4v) is 6.35. The number of aliphatic imine (C=N–C) groups is 1. The molecule has 0 fully saturated rings. The molecule has 6 bridgehead atoms. The highest BCUT2D eigenvalue weighted by molar-refractivity contribution is 6.24. The largest absolute Gasteiger partial charge is 0.481 e. The summed E-state index contributed by atoms with van der Waals surface area (Å²) < 4.78 is 0. The molecule has 0 aromatic carbocycles. The Morgan fingerprint density at radius 1 is 1.00 bits per heavy atom. The molecular weight excluding hydrogens is 572 g/mol. The van der Waals surface area contributed by atoms with Crippen molar-refractivity contribution in [3.05, 3.63) is 85.6 Å². The normalized spacial score (nSPS) is 23.3. The molecule has 4 heterocycles. The van der Waals surface area contributed by atoms with Gasteiger partial charge in [0.15, 0.2) is 0 Å². The predicted molar refractivity (Wildman–Crippen MR) is 177 cm³/mol. The second-order valence-corrected chi connectivity index (χ2v) is 11.6. The van der Waals surface area contributed by atoms with E-state index in [-0.39, 0.29) is 35.2 Å². The van der Waals surface area contributed by atoms with Crippen LogP contribution in [0.3, 0.4) is 0 Å². The Bertz CT molecular complexity index is 1890. The van der Waals surface area contributed by atoms with E-state index in [4.69, 9.17) is 10.7 Å². The molecule has 4 rings (SSSR count). The van der Waals surface area contributed by atoms with Gasteiger partial charge in [-0.15, -0.1) is 0 Å². The molecule has 0 unspecified atom stereocenters. The van der Waals surface area contributed by atoms with E-state index in [0.29, 0.717) is 40.0 Å². The molecule has 0 saturated heterocycles. The summed E-state index contributed by atoms with van der Waals surface area (Å²) in [6.45, 7) is 17.7. The maximum absolute atomic E-state index is 12.7. The monoisotopic (exact) mass is 612 g/mol. The zero-order chi connectivity index (χ0) is 33.3. The third-order valence-corrected chi connectivity index (χ3v) is 8.89. The predicted octanol–water partition coefficient (Wildman–Crippen LogP) is 4.92. The molecule has 0 amide bonds. The number of aromatic carboxylic acids is 1. The number of carbonyl (C=O) groups is 3. The minimum absolute atomic E-state index is 0.0742. The molecule has 0 aliphatic carbocycles. The van der Waals surface area contributed by atoms with Gasteiger partial charge in [-0.05, 0) is 79.7 Å². The maximum atomic E-state index is 12.7. The van der Waals surface area contributed by atoms with Crippen LogP contribution in [0.15, 0.2) is 46.3 Å². The van der Waals surface area contributed by atoms with Crippen LogP contribution in [0.5, 0.6) is 0 Å². The summed E-state index contributed by atoms with van der Waals surface area (Å²) in [4.78, 5) is 48.1. The Labute approximate surface area is 261 Å². The SMILES string of the molecule is C=Cc1c2[nH]c(c1C)/C=C1N=C(/C(CC(=O)O)=c3\[nH]/c(c(C)c3C(=O)O)=C\C(=C)/C(CC)=C(/C)C(N)=C2)[C@@H](CCC(=O)O)[C@@H]\1C. The Hall–Kier alpha value is -5.12. The molecule has 45 heavy (non-hydrogen) atoms. The molecule has 10 heteroatoms. The number of allylic oxidation sites excluding steroid dienone is 4. The number of aromatic amines is 2. The molecule has 0 radical (unpaired) electrons. The maximum Gasteiger partial charge on any atom is 0.338 e. The van der Waals surface area contributed by atoms with Crippen LogP contribution in [0, 0.1) is 25.7 Å². The smallest absolute Gasteiger partial charge is 0.338 e. The molecule has 10 nitrogen and oxygen atoms in total. The van der Waals surface area contributed by atoms with Gasteiger partial charge in [0, 0.05) is 57.5 Å². The highest BCUT2D eigenvalue weighted by Gasteiger charge is 2.36. The summed E-state index contributed by atoms with van der Waals surface area (Å²) in [6.07, 6.45) is 7.31. The lowest BCUT2D eigenvalue weighted by Crippen LogP contribution is -2.28. The molecular formula is C35H40N4O6. The van der Waals surface area contributed by atoms with Crippen LogP contribution < -0.4 is 16.4 Å². The lowest BCUT2D eigenvalue weighted by molar-refractivity contribution is -0.137. The molecule has 2 aromatic rings. The van der Waals surface area contributed by atoms with Gasteiger partial charge >= 0.3 is 17.9 Å². The van der Waals surface area contributed by atoms with Gasteiger partial charge in [-0.2, -0.15) is 0 Å². The van der Waals surface area contributed by atoms with Crippen molar-refractivity contribution >= 4 is 53.5 Å². The van der Waals surface area contributed by atoms with Crippen LogP contribution in [0.4, 0.5) is 0 Å². The van der Waals surface area contributed by atoms with Gasteiger partial charge in [0.25, 0.3) is 0 Å². The number of hydrogen-bond donors (Lipinski definition) is 6. The van der Waals surface area contributed by atoms with Crippen molar-refractivity contribution in [2.75, 3.05) is 0 Å². The first-order valence-corrected chi connectivity index (χ1v) is 14.8. The van der Waals surface area contributed by atoms with E-state index in [0.717, 1.165) is 33.7 Å². The van der Waals surface area contributed by atoms with Crippen molar-refractivity contribution in [3.8, 4) is 0 Å².